The molecule has 1 nitrogen and oxygen atoms in total. The molecule has 6 aromatic rings. The van der Waals surface area contributed by atoms with Crippen LogP contribution in [-0.4, -0.2) is 0 Å². The van der Waals surface area contributed by atoms with Crippen molar-refractivity contribution in [3.8, 4) is 11.5 Å². The number of fused-ring (bicyclic) bond motifs is 2. The van der Waals surface area contributed by atoms with Crippen LogP contribution in [0.3, 0.4) is 0 Å². The zero-order chi connectivity index (χ0) is 33.1. The van der Waals surface area contributed by atoms with Crippen LogP contribution in [0.1, 0.15) is 36.1 Å². The van der Waals surface area contributed by atoms with Crippen molar-refractivity contribution < 1.29 is 4.74 Å². The molecule has 0 saturated carbocycles. The van der Waals surface area contributed by atoms with Crippen molar-refractivity contribution in [2.45, 2.75) is 32.1 Å². The number of hydrogen-bond acceptors (Lipinski definition) is 1. The Morgan fingerprint density at radius 1 is 0.500 bits per heavy atom. The molecule has 0 N–H and O–H groups in total. The molecule has 0 aliphatic carbocycles. The Morgan fingerprint density at radius 2 is 0.812 bits per heavy atom. The van der Waals surface area contributed by atoms with Crippen LogP contribution in [0.25, 0.3) is 0 Å². The van der Waals surface area contributed by atoms with Gasteiger partial charge in [0, 0.05) is 27.2 Å². The van der Waals surface area contributed by atoms with E-state index >= 15 is 0 Å². The maximum Gasteiger partial charge on any atom is 0.139 e. The summed E-state index contributed by atoms with van der Waals surface area (Å²) in [4.78, 5) is 0. The van der Waals surface area contributed by atoms with E-state index in [-0.39, 0.29) is 5.41 Å². The van der Waals surface area contributed by atoms with E-state index in [1.54, 1.807) is 0 Å². The van der Waals surface area contributed by atoms with Gasteiger partial charge < -0.3 is 4.74 Å². The summed E-state index contributed by atoms with van der Waals surface area (Å²) in [6, 6.07) is 53.3. The van der Waals surface area contributed by atoms with Crippen molar-refractivity contribution in [3.63, 3.8) is 0 Å². The summed E-state index contributed by atoms with van der Waals surface area (Å²) in [5.74, 6) is 1.99. The predicted molar refractivity (Wildman–Crippen MR) is 210 cm³/mol. The highest BCUT2D eigenvalue weighted by atomic mass is 31.1. The minimum Gasteiger partial charge on any atom is -0.455 e. The zero-order valence-corrected chi connectivity index (χ0v) is 29.4. The Labute approximate surface area is 288 Å². The highest BCUT2D eigenvalue weighted by Gasteiger charge is 2.40. The molecule has 1 aliphatic heterocycles. The van der Waals surface area contributed by atoms with Gasteiger partial charge in [0.2, 0.25) is 0 Å². The molecule has 0 aromatic heterocycles. The van der Waals surface area contributed by atoms with E-state index in [0.717, 1.165) is 24.3 Å². The molecule has 0 unspecified atom stereocenters. The van der Waals surface area contributed by atoms with E-state index in [1.807, 2.05) is 12.2 Å². The Balaban J connectivity index is 1.53. The van der Waals surface area contributed by atoms with Crippen LogP contribution >= 0.6 is 15.8 Å². The first-order valence-electron chi connectivity index (χ1n) is 16.5. The lowest BCUT2D eigenvalue weighted by Gasteiger charge is -2.39. The molecule has 0 amide bonds. The van der Waals surface area contributed by atoms with Gasteiger partial charge in [-0.15, -0.1) is 13.2 Å². The summed E-state index contributed by atoms with van der Waals surface area (Å²) in [6.07, 6.45) is 5.61. The van der Waals surface area contributed by atoms with E-state index < -0.39 is 15.8 Å². The van der Waals surface area contributed by atoms with E-state index in [2.05, 4.69) is 173 Å². The molecule has 6 aromatic carbocycles. The van der Waals surface area contributed by atoms with Gasteiger partial charge in [-0.1, -0.05) is 159 Å². The summed E-state index contributed by atoms with van der Waals surface area (Å²) >= 11 is 0. The second-order valence-electron chi connectivity index (χ2n) is 12.7. The Bertz CT molecular complexity index is 1820. The summed E-state index contributed by atoms with van der Waals surface area (Å²) in [5, 5.41) is 7.73. The smallest absolute Gasteiger partial charge is 0.139 e. The highest BCUT2D eigenvalue weighted by molar-refractivity contribution is 7.80. The van der Waals surface area contributed by atoms with Crippen molar-refractivity contribution in [3.05, 3.63) is 193 Å². The molecule has 0 fully saturated rings. The molecule has 1 heterocycles. The fourth-order valence-corrected chi connectivity index (χ4v) is 11.7. The standard InChI is InChI=1S/C45H40OP2/c1-5-19-33-29-39-43(41(31-33)47(35-21-11-7-12-22-35)36-23-13-8-14-24-36)46-44-40(45(39,3)4)30-34(20-6-2)32-42(44)48(37-25-15-9-16-26-37)38-27-17-10-18-28-38/h5-18,21-32H,1-2,19-20H2,3-4H3. The van der Waals surface area contributed by atoms with Gasteiger partial charge in [0.25, 0.3) is 0 Å². The minimum atomic E-state index is -0.910. The molecule has 0 saturated heterocycles. The predicted octanol–water partition coefficient (Wildman–Crippen LogP) is 9.09. The summed E-state index contributed by atoms with van der Waals surface area (Å²) in [6.45, 7) is 13.0. The van der Waals surface area contributed by atoms with Crippen molar-refractivity contribution in [1.82, 2.24) is 0 Å². The zero-order valence-electron chi connectivity index (χ0n) is 27.6. The van der Waals surface area contributed by atoms with Gasteiger partial charge in [0.15, 0.2) is 0 Å². The second kappa shape index (κ2) is 13.9. The van der Waals surface area contributed by atoms with Crippen LogP contribution in [0.15, 0.2) is 171 Å². The van der Waals surface area contributed by atoms with Gasteiger partial charge in [0.05, 0.1) is 0 Å². The van der Waals surface area contributed by atoms with Gasteiger partial charge in [-0.25, -0.2) is 0 Å². The maximum absolute atomic E-state index is 7.47. The van der Waals surface area contributed by atoms with Gasteiger partial charge in [-0.2, -0.15) is 0 Å². The average molecular weight is 659 g/mol. The quantitative estimate of drug-likeness (QED) is 0.105. The second-order valence-corrected chi connectivity index (χ2v) is 17.1. The van der Waals surface area contributed by atoms with Gasteiger partial charge >= 0.3 is 0 Å². The summed E-state index contributed by atoms with van der Waals surface area (Å²) < 4.78 is 7.47. The van der Waals surface area contributed by atoms with Crippen LogP contribution in [0, 0.1) is 0 Å². The lowest BCUT2D eigenvalue weighted by atomic mass is 9.74. The van der Waals surface area contributed by atoms with Crippen LogP contribution < -0.4 is 36.6 Å². The molecule has 7 rings (SSSR count). The number of rotatable bonds is 10. The number of allylic oxidation sites excluding steroid dienone is 2. The van der Waals surface area contributed by atoms with Crippen molar-refractivity contribution >= 4 is 47.7 Å². The van der Waals surface area contributed by atoms with Crippen LogP contribution in [0.4, 0.5) is 0 Å². The van der Waals surface area contributed by atoms with Gasteiger partial charge in [0.1, 0.15) is 11.5 Å². The Hall–Kier alpha value is -4.54. The number of ether oxygens (including phenoxy) is 1. The molecular weight excluding hydrogens is 618 g/mol. The van der Waals surface area contributed by atoms with Crippen LogP contribution in [0.5, 0.6) is 11.5 Å². The lowest BCUT2D eigenvalue weighted by molar-refractivity contribution is 0.424. The topological polar surface area (TPSA) is 9.23 Å². The third-order valence-electron chi connectivity index (χ3n) is 9.11. The van der Waals surface area contributed by atoms with E-state index in [9.17, 15) is 0 Å². The third kappa shape index (κ3) is 6.10. The minimum absolute atomic E-state index is 0.316. The summed E-state index contributed by atoms with van der Waals surface area (Å²) in [7, 11) is -1.82. The van der Waals surface area contributed by atoms with Gasteiger partial charge in [-0.3, -0.25) is 0 Å². The van der Waals surface area contributed by atoms with Crippen LogP contribution in [-0.2, 0) is 18.3 Å². The monoisotopic (exact) mass is 658 g/mol. The molecule has 0 atom stereocenters. The molecule has 236 valence electrons. The molecule has 0 bridgehead atoms. The maximum atomic E-state index is 7.47. The Morgan fingerprint density at radius 3 is 1.10 bits per heavy atom. The van der Waals surface area contributed by atoms with Crippen molar-refractivity contribution in [2.24, 2.45) is 0 Å². The molecular formula is C45H40OP2. The van der Waals surface area contributed by atoms with Crippen molar-refractivity contribution in [1.29, 1.82) is 0 Å². The van der Waals surface area contributed by atoms with Gasteiger partial charge in [-0.05, 0) is 73.2 Å². The largest absolute Gasteiger partial charge is 0.455 e. The fraction of sp³-hybridized carbons (Fsp3) is 0.111. The third-order valence-corrected chi connectivity index (χ3v) is 14.0. The highest BCUT2D eigenvalue weighted by Crippen LogP contribution is 2.53. The van der Waals surface area contributed by atoms with Crippen molar-refractivity contribution in [2.75, 3.05) is 0 Å². The lowest BCUT2D eigenvalue weighted by Crippen LogP contribution is -2.33. The summed E-state index contributed by atoms with van der Waals surface area (Å²) in [5.41, 5.74) is 4.67. The molecule has 48 heavy (non-hydrogen) atoms. The van der Waals surface area contributed by atoms with E-state index in [0.29, 0.717) is 0 Å². The number of hydrogen-bond donors (Lipinski definition) is 0. The first-order chi connectivity index (χ1) is 23.5. The van der Waals surface area contributed by atoms with E-state index in [1.165, 1.54) is 54.1 Å². The fourth-order valence-electron chi connectivity index (χ4n) is 6.80. The molecule has 0 spiro atoms. The first-order valence-corrected chi connectivity index (χ1v) is 19.2. The normalized spacial score (nSPS) is 13.0. The van der Waals surface area contributed by atoms with Crippen LogP contribution in [0.2, 0.25) is 0 Å². The molecule has 3 heteroatoms. The van der Waals surface area contributed by atoms with E-state index in [4.69, 9.17) is 4.74 Å². The SMILES string of the molecule is C=CCc1cc(P(c2ccccc2)c2ccccc2)c2c(c1)C(C)(C)c1cc(CC=C)cc(P(c3ccccc3)c3ccccc3)c1O2. The number of benzene rings is 6. The average Bonchev–Trinajstić information content (AvgIpc) is 3.12. The molecule has 0 radical (unpaired) electrons. The Kier molecular flexibility index (Phi) is 9.28. The first kappa shape index (κ1) is 32.0. The molecule has 1 aliphatic rings.